The second-order valence-electron chi connectivity index (χ2n) is 3.85. The third-order valence-electron chi connectivity index (χ3n) is 2.59. The summed E-state index contributed by atoms with van der Waals surface area (Å²) in [5.74, 6) is 3.94. The van der Waals surface area contributed by atoms with Gasteiger partial charge in [0.2, 0.25) is 0 Å². The van der Waals surface area contributed by atoms with E-state index in [9.17, 15) is 9.90 Å². The van der Waals surface area contributed by atoms with Crippen molar-refractivity contribution in [1.29, 1.82) is 0 Å². The van der Waals surface area contributed by atoms with Crippen molar-refractivity contribution >= 4 is 5.91 Å². The predicted octanol–water partition coefficient (Wildman–Crippen LogP) is 0.594. The summed E-state index contributed by atoms with van der Waals surface area (Å²) in [6, 6.07) is 7.24. The van der Waals surface area contributed by atoms with Gasteiger partial charge in [-0.15, -0.1) is 12.8 Å². The highest BCUT2D eigenvalue weighted by Gasteiger charge is 2.18. The number of amides is 1. The summed E-state index contributed by atoms with van der Waals surface area (Å²) in [4.78, 5) is 12.5. The molecule has 1 aromatic carbocycles. The molecule has 0 saturated heterocycles. The smallest absolute Gasteiger partial charge is 0.300 e. The number of carbonyl (C=O) groups excluding carboxylic acids is 1. The van der Waals surface area contributed by atoms with Gasteiger partial charge in [0.15, 0.2) is 6.23 Å². The molecule has 0 radical (unpaired) electrons. The van der Waals surface area contributed by atoms with Gasteiger partial charge in [0.05, 0.1) is 13.2 Å². The molecule has 1 amide bonds. The Morgan fingerprint density at radius 1 is 1.42 bits per heavy atom. The van der Waals surface area contributed by atoms with Crippen molar-refractivity contribution in [2.75, 3.05) is 13.7 Å². The SMILES string of the molecule is C#CC(=O)N(C)C(CO)OCc1ccc(C#C)cc1. The Balaban J connectivity index is 2.60. The van der Waals surface area contributed by atoms with Crippen LogP contribution in [0.3, 0.4) is 0 Å². The molecule has 19 heavy (non-hydrogen) atoms. The number of nitrogens with zero attached hydrogens (tertiary/aromatic N) is 1. The first-order valence-electron chi connectivity index (χ1n) is 5.63. The van der Waals surface area contributed by atoms with E-state index in [1.807, 2.05) is 18.1 Å². The van der Waals surface area contributed by atoms with Gasteiger partial charge in [-0.1, -0.05) is 18.1 Å². The van der Waals surface area contributed by atoms with E-state index in [0.29, 0.717) is 0 Å². The maximum atomic E-state index is 11.3. The Morgan fingerprint density at radius 3 is 2.53 bits per heavy atom. The molecular weight excluding hydrogens is 242 g/mol. The molecule has 0 bridgehead atoms. The Labute approximate surface area is 113 Å². The summed E-state index contributed by atoms with van der Waals surface area (Å²) < 4.78 is 5.44. The van der Waals surface area contributed by atoms with E-state index in [0.717, 1.165) is 11.1 Å². The van der Waals surface area contributed by atoms with E-state index in [4.69, 9.17) is 17.6 Å². The standard InChI is InChI=1S/C15H15NO3/c1-4-12-6-8-13(9-7-12)11-19-15(10-17)16(3)14(18)5-2/h1-2,6-9,15,17H,10-11H2,3H3. The Kier molecular flexibility index (Phi) is 5.63. The molecule has 1 N–H and O–H groups in total. The number of likely N-dealkylation sites (N-methyl/N-ethyl adjacent to an activating group) is 1. The van der Waals surface area contributed by atoms with Crippen LogP contribution < -0.4 is 0 Å². The molecule has 1 unspecified atom stereocenters. The number of hydrogen-bond donors (Lipinski definition) is 1. The highest BCUT2D eigenvalue weighted by atomic mass is 16.5. The van der Waals surface area contributed by atoms with E-state index in [1.54, 1.807) is 12.1 Å². The van der Waals surface area contributed by atoms with Crippen LogP contribution in [0.25, 0.3) is 0 Å². The zero-order chi connectivity index (χ0) is 14.3. The van der Waals surface area contributed by atoms with Crippen LogP contribution in [-0.4, -0.2) is 35.8 Å². The zero-order valence-electron chi connectivity index (χ0n) is 10.7. The van der Waals surface area contributed by atoms with E-state index in [-0.39, 0.29) is 13.2 Å². The van der Waals surface area contributed by atoms with Crippen LogP contribution in [0.15, 0.2) is 24.3 Å². The lowest BCUT2D eigenvalue weighted by molar-refractivity contribution is -0.143. The van der Waals surface area contributed by atoms with Crippen molar-refractivity contribution in [3.63, 3.8) is 0 Å². The fraction of sp³-hybridized carbons (Fsp3) is 0.267. The summed E-state index contributed by atoms with van der Waals surface area (Å²) in [5, 5.41) is 9.19. The summed E-state index contributed by atoms with van der Waals surface area (Å²) in [7, 11) is 1.48. The highest BCUT2D eigenvalue weighted by Crippen LogP contribution is 2.08. The molecule has 0 spiro atoms. The minimum atomic E-state index is -0.768. The van der Waals surface area contributed by atoms with Gasteiger partial charge in [0.25, 0.3) is 5.91 Å². The highest BCUT2D eigenvalue weighted by molar-refractivity contribution is 5.92. The van der Waals surface area contributed by atoms with Crippen LogP contribution in [0, 0.1) is 24.7 Å². The molecule has 0 aliphatic carbocycles. The van der Waals surface area contributed by atoms with Crippen molar-refractivity contribution in [3.8, 4) is 24.7 Å². The number of ether oxygens (including phenoxy) is 1. The fourth-order valence-corrected chi connectivity index (χ4v) is 1.41. The normalized spacial score (nSPS) is 11.2. The molecule has 4 heteroatoms. The third kappa shape index (κ3) is 4.15. The topological polar surface area (TPSA) is 49.8 Å². The minimum absolute atomic E-state index is 0.248. The third-order valence-corrected chi connectivity index (χ3v) is 2.59. The average Bonchev–Trinajstić information content (AvgIpc) is 2.47. The summed E-state index contributed by atoms with van der Waals surface area (Å²) >= 11 is 0. The van der Waals surface area contributed by atoms with Crippen LogP contribution in [0.5, 0.6) is 0 Å². The molecule has 0 heterocycles. The number of terminal acetylenes is 2. The second kappa shape index (κ2) is 7.23. The van der Waals surface area contributed by atoms with Crippen molar-refractivity contribution in [2.24, 2.45) is 0 Å². The molecule has 98 valence electrons. The Bertz CT molecular complexity index is 508. The van der Waals surface area contributed by atoms with Crippen molar-refractivity contribution < 1.29 is 14.6 Å². The summed E-state index contributed by atoms with van der Waals surface area (Å²) in [5.41, 5.74) is 1.67. The maximum absolute atomic E-state index is 11.3. The van der Waals surface area contributed by atoms with Gasteiger partial charge in [-0.3, -0.25) is 4.79 Å². The first-order chi connectivity index (χ1) is 9.12. The van der Waals surface area contributed by atoms with Crippen molar-refractivity contribution in [2.45, 2.75) is 12.8 Å². The number of hydrogen-bond acceptors (Lipinski definition) is 3. The number of rotatable bonds is 5. The van der Waals surface area contributed by atoms with Crippen LogP contribution in [0.1, 0.15) is 11.1 Å². The van der Waals surface area contributed by atoms with Crippen LogP contribution in [0.4, 0.5) is 0 Å². The van der Waals surface area contributed by atoms with Gasteiger partial charge in [0.1, 0.15) is 0 Å². The molecule has 4 nitrogen and oxygen atoms in total. The molecule has 1 rings (SSSR count). The van der Waals surface area contributed by atoms with E-state index in [2.05, 4.69) is 5.92 Å². The Hall–Kier alpha value is -2.27. The molecule has 0 saturated carbocycles. The quantitative estimate of drug-likeness (QED) is 0.620. The number of benzene rings is 1. The van der Waals surface area contributed by atoms with E-state index >= 15 is 0 Å². The van der Waals surface area contributed by atoms with E-state index in [1.165, 1.54) is 11.9 Å². The lowest BCUT2D eigenvalue weighted by Crippen LogP contribution is -2.40. The molecule has 0 aliphatic heterocycles. The molecule has 1 aromatic rings. The number of aliphatic hydroxyl groups is 1. The van der Waals surface area contributed by atoms with Crippen molar-refractivity contribution in [3.05, 3.63) is 35.4 Å². The van der Waals surface area contributed by atoms with Crippen LogP contribution in [-0.2, 0) is 16.1 Å². The molecule has 0 aromatic heterocycles. The number of carbonyl (C=O) groups is 1. The molecule has 1 atom stereocenters. The van der Waals surface area contributed by atoms with Gasteiger partial charge in [-0.05, 0) is 23.6 Å². The minimum Gasteiger partial charge on any atom is -0.392 e. The van der Waals surface area contributed by atoms with E-state index < -0.39 is 12.1 Å². The average molecular weight is 257 g/mol. The monoisotopic (exact) mass is 257 g/mol. The predicted molar refractivity (Wildman–Crippen MR) is 71.6 cm³/mol. The van der Waals surface area contributed by atoms with Gasteiger partial charge >= 0.3 is 0 Å². The first kappa shape index (κ1) is 14.8. The second-order valence-corrected chi connectivity index (χ2v) is 3.85. The largest absolute Gasteiger partial charge is 0.392 e. The zero-order valence-corrected chi connectivity index (χ0v) is 10.7. The summed E-state index contributed by atoms with van der Waals surface area (Å²) in [6.45, 7) is -0.0787. The van der Waals surface area contributed by atoms with Gasteiger partial charge in [-0.25, -0.2) is 0 Å². The summed E-state index contributed by atoms with van der Waals surface area (Å²) in [6.07, 6.45) is 9.49. The van der Waals surface area contributed by atoms with Crippen LogP contribution >= 0.6 is 0 Å². The lowest BCUT2D eigenvalue weighted by atomic mass is 10.1. The van der Waals surface area contributed by atoms with Gasteiger partial charge in [0, 0.05) is 12.6 Å². The molecule has 0 aliphatic rings. The molecule has 0 fully saturated rings. The number of aliphatic hydroxyl groups excluding tert-OH is 1. The first-order valence-corrected chi connectivity index (χ1v) is 5.63. The van der Waals surface area contributed by atoms with Gasteiger partial charge in [-0.2, -0.15) is 0 Å². The fourth-order valence-electron chi connectivity index (χ4n) is 1.41. The Morgan fingerprint density at radius 2 is 2.05 bits per heavy atom. The lowest BCUT2D eigenvalue weighted by Gasteiger charge is -2.24. The van der Waals surface area contributed by atoms with Gasteiger partial charge < -0.3 is 14.7 Å². The van der Waals surface area contributed by atoms with Crippen LogP contribution in [0.2, 0.25) is 0 Å². The van der Waals surface area contributed by atoms with Crippen molar-refractivity contribution in [1.82, 2.24) is 4.90 Å². The molecular formula is C15H15NO3. The maximum Gasteiger partial charge on any atom is 0.300 e.